The average molecular weight is 346 g/mol. The number of likely N-dealkylation sites (tertiary alicyclic amines) is 1. The molecule has 0 aliphatic carbocycles. The Morgan fingerprint density at radius 1 is 1.47 bits per heavy atom. The van der Waals surface area contributed by atoms with Gasteiger partial charge in [-0.25, -0.2) is 0 Å². The highest BCUT2D eigenvalue weighted by molar-refractivity contribution is 9.10. The van der Waals surface area contributed by atoms with E-state index in [9.17, 15) is 4.79 Å². The van der Waals surface area contributed by atoms with Gasteiger partial charge in [-0.2, -0.15) is 0 Å². The summed E-state index contributed by atoms with van der Waals surface area (Å²) >= 11 is 9.44. The largest absolute Gasteiger partial charge is 0.350 e. The van der Waals surface area contributed by atoms with E-state index < -0.39 is 0 Å². The van der Waals surface area contributed by atoms with Crippen LogP contribution in [0.3, 0.4) is 0 Å². The molecule has 1 amide bonds. The van der Waals surface area contributed by atoms with Crippen LogP contribution in [0.2, 0.25) is 5.02 Å². The van der Waals surface area contributed by atoms with Crippen LogP contribution in [-0.4, -0.2) is 36.5 Å². The van der Waals surface area contributed by atoms with Crippen molar-refractivity contribution < 1.29 is 4.79 Å². The Kier molecular flexibility index (Phi) is 5.25. The van der Waals surface area contributed by atoms with Crippen molar-refractivity contribution in [1.29, 1.82) is 0 Å². The van der Waals surface area contributed by atoms with E-state index in [-0.39, 0.29) is 5.91 Å². The number of carbonyl (C=O) groups is 1. The van der Waals surface area contributed by atoms with Crippen LogP contribution in [0.15, 0.2) is 22.7 Å². The van der Waals surface area contributed by atoms with E-state index in [2.05, 4.69) is 33.1 Å². The van der Waals surface area contributed by atoms with Crippen LogP contribution in [0.25, 0.3) is 0 Å². The fraction of sp³-hybridized carbons (Fsp3) is 0.500. The molecule has 0 radical (unpaired) electrons. The SMILES string of the molecule is CC(CNC(=O)c1cccc(Br)c1Cl)N1CCCC1. The summed E-state index contributed by atoms with van der Waals surface area (Å²) in [5.74, 6) is -0.114. The summed E-state index contributed by atoms with van der Waals surface area (Å²) in [6.07, 6.45) is 2.52. The predicted molar refractivity (Wildman–Crippen MR) is 81.8 cm³/mol. The number of rotatable bonds is 4. The summed E-state index contributed by atoms with van der Waals surface area (Å²) in [6.45, 7) is 5.07. The maximum Gasteiger partial charge on any atom is 0.252 e. The van der Waals surface area contributed by atoms with Crippen LogP contribution < -0.4 is 5.32 Å². The fourth-order valence-corrected chi connectivity index (χ4v) is 2.90. The topological polar surface area (TPSA) is 32.3 Å². The number of amides is 1. The lowest BCUT2D eigenvalue weighted by atomic mass is 10.2. The first-order chi connectivity index (χ1) is 9.09. The summed E-state index contributed by atoms with van der Waals surface area (Å²) in [5, 5.41) is 3.42. The van der Waals surface area contributed by atoms with E-state index in [0.29, 0.717) is 23.2 Å². The highest BCUT2D eigenvalue weighted by atomic mass is 79.9. The van der Waals surface area contributed by atoms with Crippen LogP contribution in [0.5, 0.6) is 0 Å². The third-order valence-corrected chi connectivity index (χ3v) is 4.81. The lowest BCUT2D eigenvalue weighted by molar-refractivity contribution is 0.0940. The predicted octanol–water partition coefficient (Wildman–Crippen LogP) is 3.32. The summed E-state index contributed by atoms with van der Waals surface area (Å²) in [4.78, 5) is 14.5. The molecule has 1 unspecified atom stereocenters. The van der Waals surface area contributed by atoms with Gasteiger partial charge in [0.15, 0.2) is 0 Å². The van der Waals surface area contributed by atoms with Crippen molar-refractivity contribution in [3.8, 4) is 0 Å². The molecule has 1 aromatic rings. The lowest BCUT2D eigenvalue weighted by Gasteiger charge is -2.23. The van der Waals surface area contributed by atoms with Crippen molar-refractivity contribution in [2.45, 2.75) is 25.8 Å². The molecule has 19 heavy (non-hydrogen) atoms. The second kappa shape index (κ2) is 6.73. The minimum Gasteiger partial charge on any atom is -0.350 e. The number of hydrogen-bond donors (Lipinski definition) is 1. The molecule has 5 heteroatoms. The summed E-state index contributed by atoms with van der Waals surface area (Å²) in [7, 11) is 0. The Morgan fingerprint density at radius 2 is 2.16 bits per heavy atom. The molecule has 1 saturated heterocycles. The Balaban J connectivity index is 1.92. The summed E-state index contributed by atoms with van der Waals surface area (Å²) in [6, 6.07) is 5.75. The molecule has 1 aliphatic heterocycles. The lowest BCUT2D eigenvalue weighted by Crippen LogP contribution is -2.40. The molecule has 1 N–H and O–H groups in total. The van der Waals surface area contributed by atoms with E-state index in [1.807, 2.05) is 12.1 Å². The number of benzene rings is 1. The van der Waals surface area contributed by atoms with Gasteiger partial charge in [0.25, 0.3) is 5.91 Å². The zero-order valence-corrected chi connectivity index (χ0v) is 13.3. The minimum atomic E-state index is -0.114. The molecular formula is C14H18BrClN2O. The molecule has 0 saturated carbocycles. The van der Waals surface area contributed by atoms with Gasteiger partial charge in [0.05, 0.1) is 10.6 Å². The normalized spacial score (nSPS) is 17.4. The monoisotopic (exact) mass is 344 g/mol. The molecule has 0 aromatic heterocycles. The number of nitrogens with zero attached hydrogens (tertiary/aromatic N) is 1. The zero-order valence-electron chi connectivity index (χ0n) is 11.0. The van der Waals surface area contributed by atoms with Gasteiger partial charge in [0, 0.05) is 17.1 Å². The van der Waals surface area contributed by atoms with E-state index in [0.717, 1.165) is 17.6 Å². The van der Waals surface area contributed by atoms with Crippen molar-refractivity contribution in [2.75, 3.05) is 19.6 Å². The number of carbonyl (C=O) groups excluding carboxylic acids is 1. The second-order valence-corrected chi connectivity index (χ2v) is 6.14. The molecule has 1 atom stereocenters. The number of hydrogen-bond acceptors (Lipinski definition) is 2. The first kappa shape index (κ1) is 14.8. The van der Waals surface area contributed by atoms with Crippen LogP contribution in [0.4, 0.5) is 0 Å². The smallest absolute Gasteiger partial charge is 0.252 e. The molecule has 1 aliphatic rings. The quantitative estimate of drug-likeness (QED) is 0.908. The first-order valence-corrected chi connectivity index (χ1v) is 7.73. The second-order valence-electron chi connectivity index (χ2n) is 4.90. The Hall–Kier alpha value is -0.580. The van der Waals surface area contributed by atoms with E-state index in [1.54, 1.807) is 6.07 Å². The summed E-state index contributed by atoms with van der Waals surface area (Å²) < 4.78 is 0.745. The zero-order chi connectivity index (χ0) is 13.8. The van der Waals surface area contributed by atoms with Crippen molar-refractivity contribution >= 4 is 33.4 Å². The van der Waals surface area contributed by atoms with Gasteiger partial charge in [0.1, 0.15) is 0 Å². The first-order valence-electron chi connectivity index (χ1n) is 6.56. The molecule has 1 aromatic carbocycles. The molecule has 3 nitrogen and oxygen atoms in total. The summed E-state index contributed by atoms with van der Waals surface area (Å²) in [5.41, 5.74) is 0.518. The Bertz CT molecular complexity index is 461. The standard InChI is InChI=1S/C14H18BrClN2O/c1-10(18-7-2-3-8-18)9-17-14(19)11-5-4-6-12(15)13(11)16/h4-6,10H,2-3,7-9H2,1H3,(H,17,19). The van der Waals surface area contributed by atoms with Gasteiger partial charge in [0.2, 0.25) is 0 Å². The van der Waals surface area contributed by atoms with Crippen LogP contribution in [0.1, 0.15) is 30.1 Å². The molecule has 0 bridgehead atoms. The molecule has 0 spiro atoms. The molecule has 1 heterocycles. The van der Waals surface area contributed by atoms with Crippen molar-refractivity contribution in [3.63, 3.8) is 0 Å². The van der Waals surface area contributed by atoms with Gasteiger partial charge in [-0.1, -0.05) is 17.7 Å². The maximum absolute atomic E-state index is 12.1. The van der Waals surface area contributed by atoms with Gasteiger partial charge in [-0.05, 0) is 60.9 Å². The fourth-order valence-electron chi connectivity index (χ4n) is 2.33. The van der Waals surface area contributed by atoms with Gasteiger partial charge < -0.3 is 5.32 Å². The van der Waals surface area contributed by atoms with Crippen molar-refractivity contribution in [1.82, 2.24) is 10.2 Å². The number of halogens is 2. The van der Waals surface area contributed by atoms with E-state index in [4.69, 9.17) is 11.6 Å². The molecule has 2 rings (SSSR count). The van der Waals surface area contributed by atoms with Gasteiger partial charge >= 0.3 is 0 Å². The molecule has 1 fully saturated rings. The minimum absolute atomic E-state index is 0.114. The number of nitrogens with one attached hydrogen (secondary N) is 1. The van der Waals surface area contributed by atoms with Crippen LogP contribution >= 0.6 is 27.5 Å². The van der Waals surface area contributed by atoms with Crippen LogP contribution in [-0.2, 0) is 0 Å². The average Bonchev–Trinajstić information content (AvgIpc) is 2.93. The Labute approximate surface area is 127 Å². The van der Waals surface area contributed by atoms with E-state index >= 15 is 0 Å². The highest BCUT2D eigenvalue weighted by Crippen LogP contribution is 2.25. The van der Waals surface area contributed by atoms with Gasteiger partial charge in [-0.15, -0.1) is 0 Å². The van der Waals surface area contributed by atoms with Gasteiger partial charge in [-0.3, -0.25) is 9.69 Å². The van der Waals surface area contributed by atoms with E-state index in [1.165, 1.54) is 12.8 Å². The Morgan fingerprint density at radius 3 is 2.84 bits per heavy atom. The van der Waals surface area contributed by atoms with Crippen molar-refractivity contribution in [2.24, 2.45) is 0 Å². The van der Waals surface area contributed by atoms with Crippen LogP contribution in [0, 0.1) is 0 Å². The highest BCUT2D eigenvalue weighted by Gasteiger charge is 2.19. The maximum atomic E-state index is 12.1. The molecular weight excluding hydrogens is 328 g/mol. The molecule has 104 valence electrons. The third kappa shape index (κ3) is 3.71. The third-order valence-electron chi connectivity index (χ3n) is 3.52. The van der Waals surface area contributed by atoms with Crippen molar-refractivity contribution in [3.05, 3.63) is 33.3 Å².